The van der Waals surface area contributed by atoms with Crippen molar-refractivity contribution >= 4 is 5.57 Å². The van der Waals surface area contributed by atoms with Crippen LogP contribution in [-0.2, 0) is 0 Å². The van der Waals surface area contributed by atoms with Gasteiger partial charge in [0.25, 0.3) is 0 Å². The molecule has 0 aliphatic rings. The number of hydrogen-bond donors (Lipinski definition) is 1. The second kappa shape index (κ2) is 3.20. The minimum absolute atomic E-state index is 1.08. The smallest absolute Gasteiger partial charge is 0.0562 e. The van der Waals surface area contributed by atoms with Gasteiger partial charge in [-0.05, 0) is 18.9 Å². The lowest BCUT2D eigenvalue weighted by Gasteiger charge is -1.91. The van der Waals surface area contributed by atoms with E-state index in [0.717, 1.165) is 6.42 Å². The molecule has 1 aromatic heterocycles. The van der Waals surface area contributed by atoms with E-state index in [1.54, 1.807) is 0 Å². The second-order valence-electron chi connectivity index (χ2n) is 2.28. The maximum atomic E-state index is 3.86. The fourth-order valence-electron chi connectivity index (χ4n) is 0.891. The highest BCUT2D eigenvalue weighted by atomic mass is 15.1. The van der Waals surface area contributed by atoms with Gasteiger partial charge in [0, 0.05) is 11.8 Å². The summed E-state index contributed by atoms with van der Waals surface area (Å²) in [5.74, 6) is 0. The number of rotatable bonds is 2. The van der Waals surface area contributed by atoms with Gasteiger partial charge in [0.05, 0.1) is 6.20 Å². The number of aromatic nitrogens is 2. The highest BCUT2D eigenvalue weighted by molar-refractivity contribution is 5.61. The number of nitrogens with one attached hydrogen (secondary N) is 1. The molecule has 0 aliphatic carbocycles. The van der Waals surface area contributed by atoms with Crippen molar-refractivity contribution in [2.75, 3.05) is 0 Å². The van der Waals surface area contributed by atoms with E-state index >= 15 is 0 Å². The van der Waals surface area contributed by atoms with Crippen LogP contribution in [0.1, 0.15) is 25.8 Å². The van der Waals surface area contributed by atoms with Crippen LogP contribution in [0.15, 0.2) is 18.5 Å². The molecule has 0 radical (unpaired) electrons. The largest absolute Gasteiger partial charge is 0.285 e. The van der Waals surface area contributed by atoms with E-state index in [0.29, 0.717) is 0 Å². The number of H-pyrrole nitrogens is 1. The first kappa shape index (κ1) is 7.06. The molecule has 0 fully saturated rings. The summed E-state index contributed by atoms with van der Waals surface area (Å²) >= 11 is 0. The Kier molecular flexibility index (Phi) is 2.26. The quantitative estimate of drug-likeness (QED) is 0.663. The van der Waals surface area contributed by atoms with Gasteiger partial charge in [0.2, 0.25) is 0 Å². The van der Waals surface area contributed by atoms with Gasteiger partial charge in [-0.25, -0.2) is 0 Å². The highest BCUT2D eigenvalue weighted by Gasteiger charge is 1.92. The fourth-order valence-corrected chi connectivity index (χ4v) is 0.891. The molecule has 0 aliphatic heterocycles. The summed E-state index contributed by atoms with van der Waals surface area (Å²) in [7, 11) is 0. The third-order valence-electron chi connectivity index (χ3n) is 1.46. The molecular formula is C8H12N2. The summed E-state index contributed by atoms with van der Waals surface area (Å²) in [5, 5.41) is 6.64. The predicted molar refractivity (Wildman–Crippen MR) is 42.5 cm³/mol. The average Bonchev–Trinajstić information content (AvgIpc) is 2.38. The topological polar surface area (TPSA) is 28.7 Å². The Bertz CT molecular complexity index is 209. The summed E-state index contributed by atoms with van der Waals surface area (Å²) in [6.45, 7) is 4.22. The lowest BCUT2D eigenvalue weighted by atomic mass is 10.1. The zero-order valence-corrected chi connectivity index (χ0v) is 6.39. The number of hydrogen-bond acceptors (Lipinski definition) is 1. The van der Waals surface area contributed by atoms with Gasteiger partial charge in [-0.1, -0.05) is 13.0 Å². The van der Waals surface area contributed by atoms with Crippen LogP contribution < -0.4 is 0 Å². The van der Waals surface area contributed by atoms with E-state index in [1.807, 2.05) is 12.4 Å². The van der Waals surface area contributed by atoms with Gasteiger partial charge in [-0.15, -0.1) is 0 Å². The van der Waals surface area contributed by atoms with Crippen molar-refractivity contribution in [3.8, 4) is 0 Å². The van der Waals surface area contributed by atoms with Crippen molar-refractivity contribution in [2.24, 2.45) is 0 Å². The maximum Gasteiger partial charge on any atom is 0.0562 e. The molecule has 0 atom stereocenters. The van der Waals surface area contributed by atoms with Crippen LogP contribution in [0.4, 0.5) is 0 Å². The van der Waals surface area contributed by atoms with Crippen molar-refractivity contribution in [2.45, 2.75) is 20.3 Å². The Hall–Kier alpha value is -1.05. The molecule has 1 aromatic rings. The van der Waals surface area contributed by atoms with Crippen LogP contribution in [0, 0.1) is 0 Å². The Morgan fingerprint density at radius 2 is 2.60 bits per heavy atom. The third kappa shape index (κ3) is 1.47. The van der Waals surface area contributed by atoms with E-state index < -0.39 is 0 Å². The summed E-state index contributed by atoms with van der Waals surface area (Å²) < 4.78 is 0. The summed E-state index contributed by atoms with van der Waals surface area (Å²) in [5.41, 5.74) is 2.47. The molecule has 2 heteroatoms. The lowest BCUT2D eigenvalue weighted by Crippen LogP contribution is -1.72. The van der Waals surface area contributed by atoms with E-state index in [-0.39, 0.29) is 0 Å². The molecule has 0 unspecified atom stereocenters. The third-order valence-corrected chi connectivity index (χ3v) is 1.46. The average molecular weight is 136 g/mol. The van der Waals surface area contributed by atoms with Gasteiger partial charge in [0.1, 0.15) is 0 Å². The Morgan fingerprint density at radius 3 is 3.10 bits per heavy atom. The first-order valence-electron chi connectivity index (χ1n) is 3.50. The standard InChI is InChI=1S/C8H12N2/c1-3-4-7(2)8-5-9-10-6-8/h4-6H,3H2,1-2H3,(H,9,10). The van der Waals surface area contributed by atoms with Gasteiger partial charge in [-0.2, -0.15) is 5.10 Å². The van der Waals surface area contributed by atoms with Gasteiger partial charge >= 0.3 is 0 Å². The molecule has 0 spiro atoms. The molecule has 0 saturated carbocycles. The summed E-state index contributed by atoms with van der Waals surface area (Å²) in [6.07, 6.45) is 7.00. The maximum absolute atomic E-state index is 3.86. The van der Waals surface area contributed by atoms with Crippen LogP contribution in [0.5, 0.6) is 0 Å². The van der Waals surface area contributed by atoms with Crippen LogP contribution in [0.2, 0.25) is 0 Å². The van der Waals surface area contributed by atoms with Crippen molar-refractivity contribution in [3.05, 3.63) is 24.0 Å². The van der Waals surface area contributed by atoms with Crippen molar-refractivity contribution in [1.29, 1.82) is 0 Å². The molecule has 0 bridgehead atoms. The van der Waals surface area contributed by atoms with E-state index in [2.05, 4.69) is 30.1 Å². The van der Waals surface area contributed by atoms with E-state index in [9.17, 15) is 0 Å². The number of allylic oxidation sites excluding steroid dienone is 2. The lowest BCUT2D eigenvalue weighted by molar-refractivity contribution is 1.09. The zero-order chi connectivity index (χ0) is 7.40. The van der Waals surface area contributed by atoms with Crippen molar-refractivity contribution in [1.82, 2.24) is 10.2 Å². The molecule has 1 rings (SSSR count). The van der Waals surface area contributed by atoms with Gasteiger partial charge in [0.15, 0.2) is 0 Å². The van der Waals surface area contributed by atoms with Crippen LogP contribution in [0.25, 0.3) is 5.57 Å². The van der Waals surface area contributed by atoms with Crippen LogP contribution >= 0.6 is 0 Å². The molecule has 1 N–H and O–H groups in total. The zero-order valence-electron chi connectivity index (χ0n) is 6.39. The molecule has 54 valence electrons. The molecule has 10 heavy (non-hydrogen) atoms. The summed E-state index contributed by atoms with van der Waals surface area (Å²) in [4.78, 5) is 0. The van der Waals surface area contributed by atoms with E-state index in [4.69, 9.17) is 0 Å². The molecule has 2 nitrogen and oxygen atoms in total. The predicted octanol–water partition coefficient (Wildman–Crippen LogP) is 2.22. The van der Waals surface area contributed by atoms with Crippen LogP contribution in [0.3, 0.4) is 0 Å². The van der Waals surface area contributed by atoms with Gasteiger partial charge < -0.3 is 0 Å². The SMILES string of the molecule is CCC=C(C)c1cn[nH]c1. The van der Waals surface area contributed by atoms with Crippen molar-refractivity contribution in [3.63, 3.8) is 0 Å². The monoisotopic (exact) mass is 136 g/mol. The first-order valence-corrected chi connectivity index (χ1v) is 3.50. The Balaban J connectivity index is 2.77. The normalized spacial score (nSPS) is 12.0. The molecule has 0 amide bonds. The minimum atomic E-state index is 1.08. The van der Waals surface area contributed by atoms with E-state index in [1.165, 1.54) is 11.1 Å². The molecule has 1 heterocycles. The molecule has 0 aromatic carbocycles. The summed E-state index contributed by atoms with van der Waals surface area (Å²) in [6, 6.07) is 0. The Labute approximate surface area is 61.0 Å². The van der Waals surface area contributed by atoms with Gasteiger partial charge in [-0.3, -0.25) is 5.10 Å². The molecular weight excluding hydrogens is 124 g/mol. The number of nitrogens with zero attached hydrogens (tertiary/aromatic N) is 1. The first-order chi connectivity index (χ1) is 4.84. The Morgan fingerprint density at radius 1 is 1.80 bits per heavy atom. The highest BCUT2D eigenvalue weighted by Crippen LogP contribution is 2.10. The number of aromatic amines is 1. The van der Waals surface area contributed by atoms with Crippen molar-refractivity contribution < 1.29 is 0 Å². The second-order valence-corrected chi connectivity index (χ2v) is 2.28. The fraction of sp³-hybridized carbons (Fsp3) is 0.375. The minimum Gasteiger partial charge on any atom is -0.285 e. The van der Waals surface area contributed by atoms with Crippen LogP contribution in [-0.4, -0.2) is 10.2 Å². The molecule has 0 saturated heterocycles.